The van der Waals surface area contributed by atoms with Gasteiger partial charge in [0.1, 0.15) is 0 Å². The quantitative estimate of drug-likeness (QED) is 0.767. The second-order valence-electron chi connectivity index (χ2n) is 5.07. The van der Waals surface area contributed by atoms with Crippen LogP contribution in [0.3, 0.4) is 0 Å². The molecule has 2 aliphatic heterocycles. The summed E-state index contributed by atoms with van der Waals surface area (Å²) in [7, 11) is 0. The molecule has 2 aliphatic rings. The van der Waals surface area contributed by atoms with Crippen molar-refractivity contribution >= 4 is 5.91 Å². The molecule has 3 rings (SSSR count). The molecular weight excluding hydrogens is 212 g/mol. The van der Waals surface area contributed by atoms with E-state index in [1.807, 2.05) is 18.2 Å². The first-order valence-electron chi connectivity index (χ1n) is 6.40. The van der Waals surface area contributed by atoms with Crippen LogP contribution in [0.4, 0.5) is 0 Å². The van der Waals surface area contributed by atoms with Gasteiger partial charge < -0.3 is 10.6 Å². The Morgan fingerprint density at radius 2 is 2.00 bits per heavy atom. The third-order valence-electron chi connectivity index (χ3n) is 4.02. The van der Waals surface area contributed by atoms with E-state index < -0.39 is 0 Å². The van der Waals surface area contributed by atoms with Crippen molar-refractivity contribution < 1.29 is 4.79 Å². The number of rotatable bonds is 1. The van der Waals surface area contributed by atoms with Crippen LogP contribution < -0.4 is 10.6 Å². The zero-order valence-electron chi connectivity index (χ0n) is 9.86. The molecule has 0 aliphatic carbocycles. The highest BCUT2D eigenvalue weighted by molar-refractivity contribution is 5.80. The van der Waals surface area contributed by atoms with Gasteiger partial charge in [0, 0.05) is 6.54 Å². The average Bonchev–Trinajstić information content (AvgIpc) is 2.40. The van der Waals surface area contributed by atoms with E-state index in [1.165, 1.54) is 5.56 Å². The van der Waals surface area contributed by atoms with Crippen LogP contribution in [-0.2, 0) is 4.79 Å². The van der Waals surface area contributed by atoms with Gasteiger partial charge in [0.25, 0.3) is 0 Å². The van der Waals surface area contributed by atoms with Crippen LogP contribution in [0, 0.1) is 11.8 Å². The van der Waals surface area contributed by atoms with E-state index >= 15 is 0 Å². The molecule has 2 N–H and O–H groups in total. The number of hydrogen-bond acceptors (Lipinski definition) is 2. The number of carbonyl (C=O) groups excluding carboxylic acids is 1. The lowest BCUT2D eigenvalue weighted by molar-refractivity contribution is -0.131. The molecule has 90 valence electrons. The van der Waals surface area contributed by atoms with Crippen molar-refractivity contribution in [2.24, 2.45) is 11.8 Å². The third kappa shape index (κ3) is 2.07. The van der Waals surface area contributed by atoms with Crippen LogP contribution in [-0.4, -0.2) is 19.0 Å². The van der Waals surface area contributed by atoms with Gasteiger partial charge in [-0.25, -0.2) is 0 Å². The molecule has 1 aromatic carbocycles. The SMILES string of the molecule is O=C1NC(c2ccccc2)CC2CCNCC12. The lowest BCUT2D eigenvalue weighted by Crippen LogP contribution is -2.51. The largest absolute Gasteiger partial charge is 0.349 e. The second-order valence-corrected chi connectivity index (χ2v) is 5.07. The first-order chi connectivity index (χ1) is 8.34. The van der Waals surface area contributed by atoms with Crippen molar-refractivity contribution in [1.29, 1.82) is 0 Å². The zero-order valence-corrected chi connectivity index (χ0v) is 9.86. The molecular formula is C14H18N2O. The summed E-state index contributed by atoms with van der Waals surface area (Å²) in [5.74, 6) is 0.959. The summed E-state index contributed by atoms with van der Waals surface area (Å²) < 4.78 is 0. The Balaban J connectivity index is 1.79. The summed E-state index contributed by atoms with van der Waals surface area (Å²) in [4.78, 5) is 12.1. The topological polar surface area (TPSA) is 41.1 Å². The number of benzene rings is 1. The fourth-order valence-electron chi connectivity index (χ4n) is 3.05. The number of carbonyl (C=O) groups is 1. The van der Waals surface area contributed by atoms with E-state index in [1.54, 1.807) is 0 Å². The van der Waals surface area contributed by atoms with Crippen molar-refractivity contribution in [1.82, 2.24) is 10.6 Å². The van der Waals surface area contributed by atoms with E-state index in [9.17, 15) is 4.79 Å². The molecule has 2 heterocycles. The molecule has 17 heavy (non-hydrogen) atoms. The maximum absolute atomic E-state index is 12.1. The highest BCUT2D eigenvalue weighted by Crippen LogP contribution is 2.34. The van der Waals surface area contributed by atoms with Crippen molar-refractivity contribution in [2.45, 2.75) is 18.9 Å². The number of hydrogen-bond donors (Lipinski definition) is 2. The van der Waals surface area contributed by atoms with Gasteiger partial charge in [0.2, 0.25) is 5.91 Å². The van der Waals surface area contributed by atoms with Gasteiger partial charge >= 0.3 is 0 Å². The molecule has 3 nitrogen and oxygen atoms in total. The minimum Gasteiger partial charge on any atom is -0.349 e. The molecule has 3 unspecified atom stereocenters. The van der Waals surface area contributed by atoms with Crippen LogP contribution in [0.2, 0.25) is 0 Å². The van der Waals surface area contributed by atoms with E-state index in [0.29, 0.717) is 5.92 Å². The summed E-state index contributed by atoms with van der Waals surface area (Å²) in [5.41, 5.74) is 1.23. The predicted molar refractivity (Wildman–Crippen MR) is 66.4 cm³/mol. The molecule has 1 aromatic rings. The maximum atomic E-state index is 12.1. The maximum Gasteiger partial charge on any atom is 0.225 e. The smallest absolute Gasteiger partial charge is 0.225 e. The summed E-state index contributed by atoms with van der Waals surface area (Å²) in [5, 5.41) is 6.46. The van der Waals surface area contributed by atoms with Gasteiger partial charge in [0.05, 0.1) is 12.0 Å². The van der Waals surface area contributed by atoms with E-state index in [0.717, 1.165) is 25.9 Å². The molecule has 1 amide bonds. The molecule has 2 saturated heterocycles. The standard InChI is InChI=1S/C14H18N2O/c17-14-12-9-15-7-6-11(12)8-13(16-14)10-4-2-1-3-5-10/h1-5,11-13,15H,6-9H2,(H,16,17). The number of piperidine rings is 2. The Bertz CT molecular complexity index is 404. The highest BCUT2D eigenvalue weighted by atomic mass is 16.2. The highest BCUT2D eigenvalue weighted by Gasteiger charge is 2.37. The number of amides is 1. The Morgan fingerprint density at radius 1 is 1.18 bits per heavy atom. The number of fused-ring (bicyclic) bond motifs is 1. The first-order valence-corrected chi connectivity index (χ1v) is 6.40. The van der Waals surface area contributed by atoms with E-state index in [4.69, 9.17) is 0 Å². The lowest BCUT2D eigenvalue weighted by Gasteiger charge is -2.39. The lowest BCUT2D eigenvalue weighted by atomic mass is 9.77. The van der Waals surface area contributed by atoms with Crippen molar-refractivity contribution in [2.75, 3.05) is 13.1 Å². The fraction of sp³-hybridized carbons (Fsp3) is 0.500. The normalized spacial score (nSPS) is 32.7. The summed E-state index contributed by atoms with van der Waals surface area (Å²) in [6.07, 6.45) is 2.21. The second kappa shape index (κ2) is 4.49. The summed E-state index contributed by atoms with van der Waals surface area (Å²) >= 11 is 0. The monoisotopic (exact) mass is 230 g/mol. The van der Waals surface area contributed by atoms with Gasteiger partial charge in [0.15, 0.2) is 0 Å². The van der Waals surface area contributed by atoms with Gasteiger partial charge in [-0.05, 0) is 30.9 Å². The molecule has 0 spiro atoms. The van der Waals surface area contributed by atoms with Crippen LogP contribution in [0.15, 0.2) is 30.3 Å². The van der Waals surface area contributed by atoms with E-state index in [-0.39, 0.29) is 17.9 Å². The molecule has 0 bridgehead atoms. The number of nitrogens with one attached hydrogen (secondary N) is 2. The van der Waals surface area contributed by atoms with Gasteiger partial charge in [-0.1, -0.05) is 30.3 Å². The fourth-order valence-corrected chi connectivity index (χ4v) is 3.05. The Labute approximate surface area is 102 Å². The molecule has 2 fully saturated rings. The van der Waals surface area contributed by atoms with Crippen molar-refractivity contribution in [3.8, 4) is 0 Å². The zero-order chi connectivity index (χ0) is 11.7. The minimum atomic E-state index is 0.184. The van der Waals surface area contributed by atoms with Gasteiger partial charge in [-0.2, -0.15) is 0 Å². The van der Waals surface area contributed by atoms with Gasteiger partial charge in [-0.15, -0.1) is 0 Å². The van der Waals surface area contributed by atoms with Crippen molar-refractivity contribution in [3.05, 3.63) is 35.9 Å². The molecule has 3 atom stereocenters. The first kappa shape index (κ1) is 10.8. The molecule has 0 saturated carbocycles. The van der Waals surface area contributed by atoms with Gasteiger partial charge in [-0.3, -0.25) is 4.79 Å². The van der Waals surface area contributed by atoms with Crippen LogP contribution in [0.1, 0.15) is 24.4 Å². The minimum absolute atomic E-state index is 0.184. The predicted octanol–water partition coefficient (Wildman–Crippen LogP) is 1.47. The summed E-state index contributed by atoms with van der Waals surface area (Å²) in [6.45, 7) is 1.90. The molecule has 0 radical (unpaired) electrons. The summed E-state index contributed by atoms with van der Waals surface area (Å²) in [6, 6.07) is 10.5. The third-order valence-corrected chi connectivity index (χ3v) is 4.02. The average molecular weight is 230 g/mol. The van der Waals surface area contributed by atoms with Crippen LogP contribution in [0.25, 0.3) is 0 Å². The molecule has 3 heteroatoms. The van der Waals surface area contributed by atoms with Crippen molar-refractivity contribution in [3.63, 3.8) is 0 Å². The Morgan fingerprint density at radius 3 is 2.82 bits per heavy atom. The Hall–Kier alpha value is -1.35. The van der Waals surface area contributed by atoms with Crippen LogP contribution in [0.5, 0.6) is 0 Å². The Kier molecular flexibility index (Phi) is 2.85. The van der Waals surface area contributed by atoms with Crippen LogP contribution >= 0.6 is 0 Å². The molecule has 0 aromatic heterocycles. The van der Waals surface area contributed by atoms with E-state index in [2.05, 4.69) is 22.8 Å².